The maximum atomic E-state index is 2.55. The summed E-state index contributed by atoms with van der Waals surface area (Å²) < 4.78 is 5.02. The Morgan fingerprint density at radius 1 is 0.345 bits per heavy atom. The van der Waals surface area contributed by atoms with Crippen LogP contribution in [0.4, 0.5) is 0 Å². The Morgan fingerprint density at radius 2 is 0.879 bits per heavy atom. The van der Waals surface area contributed by atoms with Gasteiger partial charge < -0.3 is 9.13 Å². The van der Waals surface area contributed by atoms with E-state index in [1.165, 1.54) is 91.0 Å². The summed E-state index contributed by atoms with van der Waals surface area (Å²) in [4.78, 5) is 2.70. The number of aromatic nitrogens is 2. The van der Waals surface area contributed by atoms with Crippen LogP contribution in [0.15, 0.2) is 228 Å². The predicted octanol–water partition coefficient (Wildman–Crippen LogP) is 11.4. The van der Waals surface area contributed by atoms with Crippen molar-refractivity contribution in [3.63, 3.8) is 0 Å². The first-order valence-corrected chi connectivity index (χ1v) is 22.8. The molecule has 1 aliphatic heterocycles. The van der Waals surface area contributed by atoms with E-state index in [1.54, 1.807) is 0 Å². The van der Waals surface area contributed by atoms with E-state index in [-0.39, 0.29) is 0 Å². The summed E-state index contributed by atoms with van der Waals surface area (Å²) in [7, 11) is -2.78. The minimum absolute atomic E-state index is 1.14. The van der Waals surface area contributed by atoms with Crippen molar-refractivity contribution in [3.8, 4) is 22.5 Å². The van der Waals surface area contributed by atoms with Crippen molar-refractivity contribution in [1.29, 1.82) is 0 Å². The molecule has 0 aliphatic carbocycles. The molecule has 0 N–H and O–H groups in total. The molecule has 0 radical (unpaired) electrons. The lowest BCUT2D eigenvalue weighted by atomic mass is 10.1. The van der Waals surface area contributed by atoms with Crippen molar-refractivity contribution in [2.24, 2.45) is 0 Å². The van der Waals surface area contributed by atoms with Gasteiger partial charge in [-0.25, -0.2) is 0 Å². The molecule has 0 saturated carbocycles. The zero-order valence-corrected chi connectivity index (χ0v) is 33.4. The fourth-order valence-corrected chi connectivity index (χ4v) is 16.8. The Bertz CT molecular complexity index is 3320. The Kier molecular flexibility index (Phi) is 7.52. The van der Waals surface area contributed by atoms with Gasteiger partial charge in [-0.3, -0.25) is 0 Å². The highest BCUT2D eigenvalue weighted by molar-refractivity contribution is 8.00. The van der Waals surface area contributed by atoms with Gasteiger partial charge in [-0.05, 0) is 80.4 Å². The lowest BCUT2D eigenvalue weighted by Crippen LogP contribution is -2.76. The number of hydrogen-bond acceptors (Lipinski definition) is 1. The second-order valence-electron chi connectivity index (χ2n) is 15.2. The topological polar surface area (TPSA) is 9.86 Å². The predicted molar refractivity (Wildman–Crippen MR) is 248 cm³/mol. The molecule has 0 fully saturated rings. The quantitative estimate of drug-likeness (QED) is 0.158. The van der Waals surface area contributed by atoms with Crippen LogP contribution < -0.4 is 20.7 Å². The van der Waals surface area contributed by atoms with Crippen LogP contribution in [0, 0.1) is 0 Å². The van der Waals surface area contributed by atoms with Crippen molar-refractivity contribution in [1.82, 2.24) is 9.13 Å². The van der Waals surface area contributed by atoms with Gasteiger partial charge in [0, 0.05) is 37.0 Å². The number of nitrogens with zero attached hydrogens (tertiary/aromatic N) is 2. The summed E-state index contributed by atoms with van der Waals surface area (Å²) in [5.41, 5.74) is 9.55. The van der Waals surface area contributed by atoms with Crippen LogP contribution in [0.1, 0.15) is 0 Å². The number of benzene rings is 9. The van der Waals surface area contributed by atoms with E-state index < -0.39 is 8.07 Å². The molecule has 4 heteroatoms. The first kappa shape index (κ1) is 33.3. The molecule has 0 bridgehead atoms. The molecule has 0 amide bonds. The van der Waals surface area contributed by atoms with Gasteiger partial charge in [-0.15, -0.1) is 0 Å². The van der Waals surface area contributed by atoms with Gasteiger partial charge in [0.15, 0.2) is 8.07 Å². The van der Waals surface area contributed by atoms with Crippen LogP contribution in [-0.4, -0.2) is 17.2 Å². The van der Waals surface area contributed by atoms with Crippen molar-refractivity contribution < 1.29 is 0 Å². The van der Waals surface area contributed by atoms with Crippen LogP contribution in [0.2, 0.25) is 0 Å². The van der Waals surface area contributed by atoms with Crippen molar-refractivity contribution in [2.75, 3.05) is 0 Å². The van der Waals surface area contributed by atoms with Gasteiger partial charge in [0.05, 0.1) is 27.8 Å². The number of fused-ring (bicyclic) bond motifs is 8. The molecule has 272 valence electrons. The van der Waals surface area contributed by atoms with Crippen molar-refractivity contribution in [3.05, 3.63) is 218 Å². The summed E-state index contributed by atoms with van der Waals surface area (Å²) in [6.45, 7) is 0. The highest BCUT2D eigenvalue weighted by Crippen LogP contribution is 2.40. The monoisotopic (exact) mass is 772 g/mol. The van der Waals surface area contributed by atoms with Gasteiger partial charge in [0.2, 0.25) is 0 Å². The standard InChI is InChI=1S/C54H36N2SSi/c1-3-16-37(17-4-1)38-30-32-39(33-31-38)55-46-23-9-8-21-43(46)45-22-15-25-48(54(45)55)56-47-24-10-7-20-42(47)44-35-34-41(36-49(44)56)58(40-18-5-2-6-19-40)52-28-13-11-26-50(52)57-51-27-12-14-29-53(51)58/h1-36H. The smallest absolute Gasteiger partial charge is 0.181 e. The van der Waals surface area contributed by atoms with E-state index in [2.05, 4.69) is 228 Å². The Morgan fingerprint density at radius 3 is 1.59 bits per heavy atom. The first-order chi connectivity index (χ1) is 28.8. The van der Waals surface area contributed by atoms with E-state index in [0.29, 0.717) is 0 Å². The molecule has 3 heterocycles. The summed E-state index contributed by atoms with van der Waals surface area (Å²) in [6.07, 6.45) is 0. The van der Waals surface area contributed by atoms with Crippen molar-refractivity contribution in [2.45, 2.75) is 9.79 Å². The SMILES string of the molecule is c1ccc(-c2ccc(-n3c4ccccc4c4cccc(-n5c6ccccc6c6ccc([Si]7(c8ccccc8)c8ccccc8Sc8ccccc87)cc65)c43)cc2)cc1. The zero-order valence-electron chi connectivity index (χ0n) is 31.6. The zero-order chi connectivity index (χ0) is 38.2. The molecule has 0 saturated heterocycles. The summed E-state index contributed by atoms with van der Waals surface area (Å²) in [5.74, 6) is 0. The minimum atomic E-state index is -2.78. The molecule has 2 nitrogen and oxygen atoms in total. The largest absolute Gasteiger partial charge is 0.307 e. The Labute approximate surface area is 342 Å². The Hall–Kier alpha value is -6.85. The fraction of sp³-hybridized carbons (Fsp3) is 0. The van der Waals surface area contributed by atoms with Gasteiger partial charge in [-0.2, -0.15) is 0 Å². The minimum Gasteiger partial charge on any atom is -0.307 e. The van der Waals surface area contributed by atoms with E-state index in [4.69, 9.17) is 0 Å². The molecular formula is C54H36N2SSi. The normalized spacial score (nSPS) is 13.2. The maximum absolute atomic E-state index is 2.78. The van der Waals surface area contributed by atoms with Crippen LogP contribution >= 0.6 is 11.8 Å². The van der Waals surface area contributed by atoms with Crippen LogP contribution in [0.5, 0.6) is 0 Å². The average Bonchev–Trinajstić information content (AvgIpc) is 3.82. The highest BCUT2D eigenvalue weighted by Gasteiger charge is 2.47. The van der Waals surface area contributed by atoms with Gasteiger partial charge in [0.25, 0.3) is 0 Å². The first-order valence-electron chi connectivity index (χ1n) is 19.9. The lowest BCUT2D eigenvalue weighted by molar-refractivity contribution is 1.13. The molecule has 2 aromatic heterocycles. The molecule has 0 unspecified atom stereocenters. The molecule has 0 atom stereocenters. The van der Waals surface area contributed by atoms with E-state index >= 15 is 0 Å². The summed E-state index contributed by atoms with van der Waals surface area (Å²) >= 11 is 1.91. The second-order valence-corrected chi connectivity index (χ2v) is 20.0. The molecule has 58 heavy (non-hydrogen) atoms. The third-order valence-corrected chi connectivity index (χ3v) is 18.6. The Balaban J connectivity index is 1.18. The van der Waals surface area contributed by atoms with E-state index in [1.807, 2.05) is 11.8 Å². The highest BCUT2D eigenvalue weighted by atomic mass is 32.2. The number of para-hydroxylation sites is 3. The molecule has 0 spiro atoms. The van der Waals surface area contributed by atoms with Crippen LogP contribution in [0.3, 0.4) is 0 Å². The molecule has 12 rings (SSSR count). The van der Waals surface area contributed by atoms with Crippen LogP contribution in [0.25, 0.3) is 66.1 Å². The third kappa shape index (κ3) is 4.79. The lowest BCUT2D eigenvalue weighted by Gasteiger charge is -2.39. The molecule has 1 aliphatic rings. The van der Waals surface area contributed by atoms with Gasteiger partial charge >= 0.3 is 0 Å². The van der Waals surface area contributed by atoms with E-state index in [0.717, 1.165) is 5.69 Å². The maximum Gasteiger partial charge on any atom is 0.181 e. The number of rotatable bonds is 5. The molecule has 11 aromatic rings. The fourth-order valence-electron chi connectivity index (χ4n) is 9.82. The number of hydrogen-bond donors (Lipinski definition) is 0. The van der Waals surface area contributed by atoms with Gasteiger partial charge in [0.1, 0.15) is 0 Å². The molecular weight excluding hydrogens is 737 g/mol. The summed E-state index contributed by atoms with van der Waals surface area (Å²) in [5, 5.41) is 10.7. The van der Waals surface area contributed by atoms with E-state index in [9.17, 15) is 0 Å². The third-order valence-electron chi connectivity index (χ3n) is 12.3. The van der Waals surface area contributed by atoms with Gasteiger partial charge in [-0.1, -0.05) is 182 Å². The second kappa shape index (κ2) is 13.1. The summed E-state index contributed by atoms with van der Waals surface area (Å²) in [6, 6.07) is 81.4. The van der Waals surface area contributed by atoms with Crippen molar-refractivity contribution >= 4 is 84.2 Å². The molecule has 9 aromatic carbocycles. The van der Waals surface area contributed by atoms with Crippen LogP contribution in [-0.2, 0) is 0 Å². The average molecular weight is 773 g/mol.